The second-order valence-corrected chi connectivity index (χ2v) is 4.54. The van der Waals surface area contributed by atoms with Crippen LogP contribution in [0.15, 0.2) is 0 Å². The Labute approximate surface area is 61.4 Å². The third-order valence-corrected chi connectivity index (χ3v) is 4.28. The van der Waals surface area contributed by atoms with E-state index >= 15 is 0 Å². The fourth-order valence-electron chi connectivity index (χ4n) is 1.89. The first-order valence-electron chi connectivity index (χ1n) is 4.08. The molecule has 0 aromatic rings. The van der Waals surface area contributed by atoms with E-state index in [1.165, 1.54) is 37.9 Å². The summed E-state index contributed by atoms with van der Waals surface area (Å²) in [6, 6.07) is 0. The van der Waals surface area contributed by atoms with Crippen LogP contribution in [-0.2, 0) is 0 Å². The van der Waals surface area contributed by atoms with E-state index in [0.29, 0.717) is 0 Å². The minimum atomic E-state index is 1.09. The van der Waals surface area contributed by atoms with Crippen molar-refractivity contribution in [2.24, 2.45) is 5.92 Å². The van der Waals surface area contributed by atoms with Crippen molar-refractivity contribution in [2.45, 2.75) is 37.4 Å². The molecule has 1 heterocycles. The molecule has 0 N–H and O–H groups in total. The van der Waals surface area contributed by atoms with Gasteiger partial charge in [0.05, 0.1) is 0 Å². The quantitative estimate of drug-likeness (QED) is 0.501. The van der Waals surface area contributed by atoms with Crippen molar-refractivity contribution in [3.05, 3.63) is 0 Å². The Hall–Kier alpha value is 0.350. The number of hydrogen-bond donors (Lipinski definition) is 0. The van der Waals surface area contributed by atoms with E-state index in [0.717, 1.165) is 11.2 Å². The largest absolute Gasteiger partial charge is 0.158 e. The summed E-state index contributed by atoms with van der Waals surface area (Å²) >= 11 is 2.20. The topological polar surface area (TPSA) is 0 Å². The van der Waals surface area contributed by atoms with Gasteiger partial charge < -0.3 is 0 Å². The van der Waals surface area contributed by atoms with E-state index in [1.807, 2.05) is 0 Å². The lowest BCUT2D eigenvalue weighted by atomic mass is 10.0. The molecule has 1 saturated carbocycles. The van der Waals surface area contributed by atoms with Gasteiger partial charge in [-0.2, -0.15) is 11.8 Å². The second kappa shape index (κ2) is 2.53. The molecule has 1 heteroatoms. The monoisotopic (exact) mass is 142 g/mol. The Kier molecular flexibility index (Phi) is 1.71. The summed E-state index contributed by atoms with van der Waals surface area (Å²) in [5.74, 6) is 2.61. The fourth-order valence-corrected chi connectivity index (χ4v) is 3.26. The van der Waals surface area contributed by atoms with Crippen LogP contribution in [0, 0.1) is 5.92 Å². The van der Waals surface area contributed by atoms with Crippen molar-refractivity contribution in [2.75, 3.05) is 5.75 Å². The third-order valence-electron chi connectivity index (χ3n) is 2.61. The van der Waals surface area contributed by atoms with E-state index in [-0.39, 0.29) is 0 Å². The van der Waals surface area contributed by atoms with Gasteiger partial charge in [-0.1, -0.05) is 19.3 Å². The molecule has 2 rings (SSSR count). The summed E-state index contributed by atoms with van der Waals surface area (Å²) in [4.78, 5) is 0. The van der Waals surface area contributed by atoms with Gasteiger partial charge in [0.1, 0.15) is 0 Å². The zero-order valence-electron chi connectivity index (χ0n) is 5.81. The fraction of sp³-hybridized carbons (Fsp3) is 1.00. The third kappa shape index (κ3) is 1.12. The van der Waals surface area contributed by atoms with Crippen LogP contribution >= 0.6 is 11.8 Å². The van der Waals surface area contributed by atoms with Crippen LogP contribution in [0.2, 0.25) is 0 Å². The maximum absolute atomic E-state index is 2.20. The molecule has 0 bridgehead atoms. The molecule has 0 aromatic heterocycles. The van der Waals surface area contributed by atoms with E-state index in [2.05, 4.69) is 11.8 Å². The molecule has 1 saturated heterocycles. The van der Waals surface area contributed by atoms with Crippen LogP contribution in [0.1, 0.15) is 32.1 Å². The highest BCUT2D eigenvalue weighted by atomic mass is 32.2. The minimum Gasteiger partial charge on any atom is -0.158 e. The number of rotatable bonds is 0. The van der Waals surface area contributed by atoms with Crippen LogP contribution in [-0.4, -0.2) is 11.0 Å². The first-order chi connectivity index (χ1) is 4.47. The summed E-state index contributed by atoms with van der Waals surface area (Å²) < 4.78 is 0. The Balaban J connectivity index is 1.90. The molecule has 9 heavy (non-hydrogen) atoms. The molecule has 2 atom stereocenters. The molecule has 2 unspecified atom stereocenters. The van der Waals surface area contributed by atoms with Gasteiger partial charge in [-0.15, -0.1) is 0 Å². The van der Waals surface area contributed by atoms with E-state index in [9.17, 15) is 0 Å². The maximum Gasteiger partial charge on any atom is 0.00833 e. The molecule has 1 aliphatic carbocycles. The highest BCUT2D eigenvalue weighted by Gasteiger charge is 2.31. The van der Waals surface area contributed by atoms with E-state index in [4.69, 9.17) is 0 Å². The predicted octanol–water partition coefficient (Wildman–Crippen LogP) is 2.68. The Morgan fingerprint density at radius 2 is 1.89 bits per heavy atom. The summed E-state index contributed by atoms with van der Waals surface area (Å²) in [6.07, 6.45) is 7.59. The molecule has 0 amide bonds. The van der Waals surface area contributed by atoms with Gasteiger partial charge in [0.25, 0.3) is 0 Å². The Morgan fingerprint density at radius 3 is 2.67 bits per heavy atom. The zero-order chi connectivity index (χ0) is 6.10. The van der Waals surface area contributed by atoms with Crippen molar-refractivity contribution in [1.29, 1.82) is 0 Å². The SMILES string of the molecule is C1CCC2CSC2CC1. The van der Waals surface area contributed by atoms with E-state index in [1.54, 1.807) is 0 Å². The standard InChI is InChI=1S/C8H14S/c1-2-4-7-6-9-8(7)5-3-1/h7-8H,1-6H2. The lowest BCUT2D eigenvalue weighted by molar-refractivity contribution is 0.494. The number of thioether (sulfide) groups is 1. The molecular formula is C8H14S. The van der Waals surface area contributed by atoms with E-state index < -0.39 is 0 Å². The Morgan fingerprint density at radius 1 is 1.00 bits per heavy atom. The average Bonchev–Trinajstić information content (AvgIpc) is 1.94. The molecule has 0 aromatic carbocycles. The zero-order valence-corrected chi connectivity index (χ0v) is 6.62. The van der Waals surface area contributed by atoms with Crippen LogP contribution in [0.5, 0.6) is 0 Å². The lowest BCUT2D eigenvalue weighted by Gasteiger charge is -2.34. The highest BCUT2D eigenvalue weighted by Crippen LogP contribution is 2.42. The van der Waals surface area contributed by atoms with Gasteiger partial charge in [-0.05, 0) is 24.5 Å². The maximum atomic E-state index is 2.20. The molecular weight excluding hydrogens is 128 g/mol. The highest BCUT2D eigenvalue weighted by molar-refractivity contribution is 8.01. The van der Waals surface area contributed by atoms with Crippen molar-refractivity contribution in [3.8, 4) is 0 Å². The number of hydrogen-bond acceptors (Lipinski definition) is 1. The van der Waals surface area contributed by atoms with Gasteiger partial charge in [-0.3, -0.25) is 0 Å². The summed E-state index contributed by atoms with van der Waals surface area (Å²) in [7, 11) is 0. The van der Waals surface area contributed by atoms with Gasteiger partial charge in [0, 0.05) is 5.25 Å². The molecule has 2 aliphatic rings. The summed E-state index contributed by atoms with van der Waals surface area (Å²) in [6.45, 7) is 0. The normalized spacial score (nSPS) is 42.7. The summed E-state index contributed by atoms with van der Waals surface area (Å²) in [5.41, 5.74) is 0. The van der Waals surface area contributed by atoms with Gasteiger partial charge >= 0.3 is 0 Å². The minimum absolute atomic E-state index is 1.09. The average molecular weight is 142 g/mol. The molecule has 0 spiro atoms. The lowest BCUT2D eigenvalue weighted by Crippen LogP contribution is -2.28. The van der Waals surface area contributed by atoms with Crippen LogP contribution < -0.4 is 0 Å². The molecule has 0 radical (unpaired) electrons. The van der Waals surface area contributed by atoms with Gasteiger partial charge in [-0.25, -0.2) is 0 Å². The molecule has 52 valence electrons. The van der Waals surface area contributed by atoms with Crippen molar-refractivity contribution in [3.63, 3.8) is 0 Å². The van der Waals surface area contributed by atoms with Crippen molar-refractivity contribution < 1.29 is 0 Å². The molecule has 1 aliphatic heterocycles. The predicted molar refractivity (Wildman–Crippen MR) is 42.8 cm³/mol. The first kappa shape index (κ1) is 6.09. The van der Waals surface area contributed by atoms with Crippen molar-refractivity contribution in [1.82, 2.24) is 0 Å². The van der Waals surface area contributed by atoms with Gasteiger partial charge in [0.2, 0.25) is 0 Å². The number of fused-ring (bicyclic) bond motifs is 1. The molecule has 0 nitrogen and oxygen atoms in total. The smallest absolute Gasteiger partial charge is 0.00833 e. The molecule has 2 fully saturated rings. The second-order valence-electron chi connectivity index (χ2n) is 3.27. The Bertz CT molecular complexity index is 88.7. The first-order valence-corrected chi connectivity index (χ1v) is 5.13. The van der Waals surface area contributed by atoms with Crippen LogP contribution in [0.25, 0.3) is 0 Å². The van der Waals surface area contributed by atoms with Gasteiger partial charge in [0.15, 0.2) is 0 Å². The van der Waals surface area contributed by atoms with Crippen molar-refractivity contribution >= 4 is 11.8 Å². The summed E-state index contributed by atoms with van der Waals surface area (Å²) in [5, 5.41) is 1.09. The van der Waals surface area contributed by atoms with Crippen LogP contribution in [0.4, 0.5) is 0 Å². The van der Waals surface area contributed by atoms with Crippen LogP contribution in [0.3, 0.4) is 0 Å².